The summed E-state index contributed by atoms with van der Waals surface area (Å²) in [6.45, 7) is 4.24. The Labute approximate surface area is 158 Å². The van der Waals surface area contributed by atoms with Crippen LogP contribution in [-0.2, 0) is 20.0 Å². The number of aromatic nitrogens is 4. The molecule has 0 unspecified atom stereocenters. The number of hydrogen-bond acceptors (Lipinski definition) is 3. The molecule has 4 heterocycles. The van der Waals surface area contributed by atoms with E-state index in [9.17, 15) is 0 Å². The fourth-order valence-electron chi connectivity index (χ4n) is 4.13. The summed E-state index contributed by atoms with van der Waals surface area (Å²) < 4.78 is 4.17. The van der Waals surface area contributed by atoms with Crippen molar-refractivity contribution in [2.45, 2.75) is 19.9 Å². The fourth-order valence-corrected chi connectivity index (χ4v) is 4.13. The number of hydrogen-bond donors (Lipinski definition) is 0. The van der Waals surface area contributed by atoms with Crippen molar-refractivity contribution in [3.8, 4) is 16.9 Å². The third-order valence-electron chi connectivity index (χ3n) is 5.51. The van der Waals surface area contributed by atoms with Gasteiger partial charge in [0.1, 0.15) is 5.82 Å². The number of pyridine rings is 1. The van der Waals surface area contributed by atoms with Gasteiger partial charge in [0.2, 0.25) is 0 Å². The molecule has 0 atom stereocenters. The van der Waals surface area contributed by atoms with Gasteiger partial charge in [0.15, 0.2) is 0 Å². The maximum Gasteiger partial charge on any atom is 0.137 e. The van der Waals surface area contributed by atoms with Crippen LogP contribution in [0.3, 0.4) is 0 Å². The molecule has 0 N–H and O–H groups in total. The van der Waals surface area contributed by atoms with E-state index < -0.39 is 0 Å². The van der Waals surface area contributed by atoms with E-state index in [1.165, 1.54) is 27.7 Å². The van der Waals surface area contributed by atoms with E-state index in [4.69, 9.17) is 4.98 Å². The zero-order valence-corrected chi connectivity index (χ0v) is 16.0. The van der Waals surface area contributed by atoms with Crippen LogP contribution >= 0.6 is 0 Å². The van der Waals surface area contributed by atoms with E-state index in [2.05, 4.69) is 58.9 Å². The molecule has 1 aliphatic heterocycles. The van der Waals surface area contributed by atoms with Crippen LogP contribution in [0.15, 0.2) is 48.9 Å². The molecule has 27 heavy (non-hydrogen) atoms. The molecule has 5 nitrogen and oxygen atoms in total. The summed E-state index contributed by atoms with van der Waals surface area (Å²) >= 11 is 0. The Balaban J connectivity index is 1.66. The molecule has 136 valence electrons. The predicted molar refractivity (Wildman–Crippen MR) is 108 cm³/mol. The highest BCUT2D eigenvalue weighted by Crippen LogP contribution is 2.33. The first kappa shape index (κ1) is 16.3. The molecule has 4 aromatic rings. The summed E-state index contributed by atoms with van der Waals surface area (Å²) in [5.41, 5.74) is 7.58. The Kier molecular flexibility index (Phi) is 3.65. The van der Waals surface area contributed by atoms with Crippen LogP contribution in [-0.4, -0.2) is 37.8 Å². The first-order chi connectivity index (χ1) is 13.1. The average Bonchev–Trinajstić information content (AvgIpc) is 3.23. The largest absolute Gasteiger partial charge is 0.302 e. The minimum atomic E-state index is 0.988. The third kappa shape index (κ3) is 2.66. The topological polar surface area (TPSA) is 38.9 Å². The summed E-state index contributed by atoms with van der Waals surface area (Å²) in [6, 6.07) is 11.0. The highest BCUT2D eigenvalue weighted by molar-refractivity contribution is 5.88. The number of benzene rings is 1. The standard InChI is InChI=1S/C22H23N5/c1-15-4-6-20-18(10-15)19-14-25(2)9-8-21(19)27(20)22-7-5-16(11-23-22)17-12-24-26(3)13-17/h4-7,10-13H,8-9,14H2,1-3H3. The Morgan fingerprint density at radius 1 is 1.00 bits per heavy atom. The van der Waals surface area contributed by atoms with Gasteiger partial charge in [-0.15, -0.1) is 0 Å². The lowest BCUT2D eigenvalue weighted by Crippen LogP contribution is -2.27. The first-order valence-corrected chi connectivity index (χ1v) is 9.37. The Morgan fingerprint density at radius 3 is 2.63 bits per heavy atom. The van der Waals surface area contributed by atoms with Gasteiger partial charge in [-0.05, 0) is 43.8 Å². The van der Waals surface area contributed by atoms with Gasteiger partial charge in [0, 0.05) is 61.2 Å². The first-order valence-electron chi connectivity index (χ1n) is 9.37. The predicted octanol–water partition coefficient (Wildman–Crippen LogP) is 3.72. The molecule has 3 aromatic heterocycles. The van der Waals surface area contributed by atoms with Gasteiger partial charge in [-0.25, -0.2) is 4.98 Å². The summed E-state index contributed by atoms with van der Waals surface area (Å²) in [4.78, 5) is 7.22. The normalized spacial score (nSPS) is 14.6. The molecule has 0 aliphatic carbocycles. The van der Waals surface area contributed by atoms with Gasteiger partial charge < -0.3 is 4.90 Å². The molecule has 5 rings (SSSR count). The summed E-state index contributed by atoms with van der Waals surface area (Å²) in [6.07, 6.45) is 6.89. The zero-order valence-electron chi connectivity index (χ0n) is 16.0. The van der Waals surface area contributed by atoms with Crippen molar-refractivity contribution in [3.63, 3.8) is 0 Å². The highest BCUT2D eigenvalue weighted by atomic mass is 15.2. The molecular weight excluding hydrogens is 334 g/mol. The van der Waals surface area contributed by atoms with Gasteiger partial charge in [-0.3, -0.25) is 9.25 Å². The van der Waals surface area contributed by atoms with Crippen molar-refractivity contribution in [2.75, 3.05) is 13.6 Å². The number of fused-ring (bicyclic) bond motifs is 3. The summed E-state index contributed by atoms with van der Waals surface area (Å²) in [5.74, 6) is 0.988. The number of likely N-dealkylation sites (N-methyl/N-ethyl adjacent to an activating group) is 1. The maximum absolute atomic E-state index is 4.82. The Bertz CT molecular complexity index is 1130. The lowest BCUT2D eigenvalue weighted by atomic mass is 10.0. The smallest absolute Gasteiger partial charge is 0.137 e. The van der Waals surface area contributed by atoms with Crippen LogP contribution < -0.4 is 0 Å². The number of aryl methyl sites for hydroxylation is 2. The van der Waals surface area contributed by atoms with Crippen LogP contribution in [0.1, 0.15) is 16.8 Å². The monoisotopic (exact) mass is 357 g/mol. The number of nitrogens with zero attached hydrogens (tertiary/aromatic N) is 5. The van der Waals surface area contributed by atoms with Gasteiger partial charge in [0.25, 0.3) is 0 Å². The van der Waals surface area contributed by atoms with E-state index in [0.717, 1.165) is 36.5 Å². The van der Waals surface area contributed by atoms with Crippen LogP contribution in [0.5, 0.6) is 0 Å². The summed E-state index contributed by atoms with van der Waals surface area (Å²) in [7, 11) is 4.13. The second-order valence-corrected chi connectivity index (χ2v) is 7.58. The highest BCUT2D eigenvalue weighted by Gasteiger charge is 2.23. The van der Waals surface area contributed by atoms with Crippen molar-refractivity contribution >= 4 is 10.9 Å². The van der Waals surface area contributed by atoms with Gasteiger partial charge in [0.05, 0.1) is 11.7 Å². The Morgan fingerprint density at radius 2 is 1.89 bits per heavy atom. The van der Waals surface area contributed by atoms with Crippen LogP contribution in [0.2, 0.25) is 0 Å². The number of rotatable bonds is 2. The minimum absolute atomic E-state index is 0.988. The van der Waals surface area contributed by atoms with Gasteiger partial charge in [-0.1, -0.05) is 11.6 Å². The molecule has 0 saturated carbocycles. The van der Waals surface area contributed by atoms with Gasteiger partial charge in [-0.2, -0.15) is 5.10 Å². The zero-order chi connectivity index (χ0) is 18.5. The third-order valence-corrected chi connectivity index (χ3v) is 5.51. The second-order valence-electron chi connectivity index (χ2n) is 7.58. The molecule has 1 aromatic carbocycles. The molecule has 0 spiro atoms. The molecule has 5 heteroatoms. The average molecular weight is 357 g/mol. The van der Waals surface area contributed by atoms with Crippen LogP contribution in [0.25, 0.3) is 27.8 Å². The van der Waals surface area contributed by atoms with Crippen molar-refractivity contribution in [1.82, 2.24) is 24.2 Å². The van der Waals surface area contributed by atoms with Crippen molar-refractivity contribution < 1.29 is 0 Å². The van der Waals surface area contributed by atoms with E-state index in [1.54, 1.807) is 0 Å². The SMILES string of the molecule is Cc1ccc2c(c1)c1c(n2-c2ccc(-c3cnn(C)c3)cn2)CCN(C)C1. The van der Waals surface area contributed by atoms with Crippen LogP contribution in [0.4, 0.5) is 0 Å². The molecule has 0 amide bonds. The molecule has 0 bridgehead atoms. The molecule has 0 saturated heterocycles. The van der Waals surface area contributed by atoms with Crippen molar-refractivity contribution in [1.29, 1.82) is 0 Å². The quantitative estimate of drug-likeness (QED) is 0.549. The van der Waals surface area contributed by atoms with E-state index >= 15 is 0 Å². The molecule has 1 aliphatic rings. The van der Waals surface area contributed by atoms with E-state index in [1.807, 2.05) is 30.3 Å². The maximum atomic E-state index is 4.82. The van der Waals surface area contributed by atoms with Crippen molar-refractivity contribution in [3.05, 3.63) is 65.7 Å². The Hall–Kier alpha value is -2.92. The lowest BCUT2D eigenvalue weighted by molar-refractivity contribution is 0.311. The lowest BCUT2D eigenvalue weighted by Gasteiger charge is -2.24. The second kappa shape index (κ2) is 6.06. The fraction of sp³-hybridized carbons (Fsp3) is 0.273. The molecule has 0 fully saturated rings. The minimum Gasteiger partial charge on any atom is -0.302 e. The summed E-state index contributed by atoms with van der Waals surface area (Å²) in [5, 5.41) is 5.61. The van der Waals surface area contributed by atoms with E-state index in [-0.39, 0.29) is 0 Å². The van der Waals surface area contributed by atoms with Gasteiger partial charge >= 0.3 is 0 Å². The van der Waals surface area contributed by atoms with Crippen LogP contribution in [0, 0.1) is 6.92 Å². The molecule has 0 radical (unpaired) electrons. The molecular formula is C22H23N5. The van der Waals surface area contributed by atoms with Crippen molar-refractivity contribution in [2.24, 2.45) is 7.05 Å². The van der Waals surface area contributed by atoms with E-state index in [0.29, 0.717) is 0 Å².